The van der Waals surface area contributed by atoms with E-state index < -0.39 is 0 Å². The molecule has 0 spiro atoms. The maximum absolute atomic E-state index is 12.7. The van der Waals surface area contributed by atoms with Gasteiger partial charge in [-0.2, -0.15) is 0 Å². The number of carbonyl (C=O) groups excluding carboxylic acids is 1. The predicted molar refractivity (Wildman–Crippen MR) is 129 cm³/mol. The fourth-order valence-electron chi connectivity index (χ4n) is 4.45. The smallest absolute Gasteiger partial charge is 0.276 e. The number of nitrogens with zero attached hydrogens (tertiary/aromatic N) is 3. The lowest BCUT2D eigenvalue weighted by atomic mass is 9.90. The number of hydrogen-bond acceptors (Lipinski definition) is 4. The van der Waals surface area contributed by atoms with Gasteiger partial charge in [-0.3, -0.25) is 4.79 Å². The van der Waals surface area contributed by atoms with Gasteiger partial charge in [0, 0.05) is 24.2 Å². The van der Waals surface area contributed by atoms with E-state index in [-0.39, 0.29) is 5.91 Å². The third kappa shape index (κ3) is 4.47. The number of fused-ring (bicyclic) bond motifs is 1. The Bertz CT molecular complexity index is 1190. The summed E-state index contributed by atoms with van der Waals surface area (Å²) in [6.07, 6.45) is 3.41. The van der Waals surface area contributed by atoms with Crippen molar-refractivity contribution in [2.24, 2.45) is 5.92 Å². The summed E-state index contributed by atoms with van der Waals surface area (Å²) in [4.78, 5) is 15.0. The van der Waals surface area contributed by atoms with Crippen molar-refractivity contribution in [2.45, 2.75) is 19.3 Å². The Kier molecular flexibility index (Phi) is 5.79. The first-order valence-electron chi connectivity index (χ1n) is 11.2. The molecule has 1 fully saturated rings. The first kappa shape index (κ1) is 20.2. The summed E-state index contributed by atoms with van der Waals surface area (Å²) in [5.74, 6) is 1.29. The SMILES string of the molecule is O=C(Nc1cccc2ccccc12)c1ccc(N2CCC(Cc3ccccc3)CC2)nn1. The van der Waals surface area contributed by atoms with E-state index in [1.807, 2.05) is 48.5 Å². The fourth-order valence-corrected chi connectivity index (χ4v) is 4.45. The van der Waals surface area contributed by atoms with Gasteiger partial charge >= 0.3 is 0 Å². The average Bonchev–Trinajstić information content (AvgIpc) is 2.85. The zero-order valence-electron chi connectivity index (χ0n) is 17.9. The number of hydrogen-bond donors (Lipinski definition) is 1. The van der Waals surface area contributed by atoms with Crippen molar-refractivity contribution in [1.82, 2.24) is 10.2 Å². The highest BCUT2D eigenvalue weighted by atomic mass is 16.1. The Morgan fingerprint density at radius 3 is 2.38 bits per heavy atom. The van der Waals surface area contributed by atoms with Crippen molar-refractivity contribution >= 4 is 28.2 Å². The molecule has 5 heteroatoms. The van der Waals surface area contributed by atoms with Gasteiger partial charge in [0.1, 0.15) is 0 Å². The predicted octanol–water partition coefficient (Wildman–Crippen LogP) is 5.34. The second kappa shape index (κ2) is 9.18. The minimum atomic E-state index is -0.248. The van der Waals surface area contributed by atoms with Gasteiger partial charge in [-0.05, 0) is 54.3 Å². The van der Waals surface area contributed by atoms with Crippen LogP contribution in [0.25, 0.3) is 10.8 Å². The molecule has 0 radical (unpaired) electrons. The van der Waals surface area contributed by atoms with Gasteiger partial charge in [0.05, 0.1) is 0 Å². The van der Waals surface area contributed by atoms with Crippen LogP contribution in [0.1, 0.15) is 28.9 Å². The summed E-state index contributed by atoms with van der Waals surface area (Å²) in [5.41, 5.74) is 2.51. The first-order valence-corrected chi connectivity index (χ1v) is 11.2. The molecule has 0 aliphatic carbocycles. The van der Waals surface area contributed by atoms with Gasteiger partial charge in [0.25, 0.3) is 5.91 Å². The van der Waals surface area contributed by atoms with E-state index in [0.717, 1.165) is 54.6 Å². The van der Waals surface area contributed by atoms with Gasteiger partial charge in [0.2, 0.25) is 0 Å². The van der Waals surface area contributed by atoms with Crippen LogP contribution in [0.5, 0.6) is 0 Å². The van der Waals surface area contributed by atoms with E-state index in [2.05, 4.69) is 50.7 Å². The molecule has 1 amide bonds. The second-order valence-corrected chi connectivity index (χ2v) is 8.38. The van der Waals surface area contributed by atoms with E-state index in [9.17, 15) is 4.79 Å². The molecule has 0 bridgehead atoms. The molecule has 4 aromatic rings. The van der Waals surface area contributed by atoms with E-state index in [1.54, 1.807) is 6.07 Å². The van der Waals surface area contributed by atoms with Crippen LogP contribution in [-0.4, -0.2) is 29.2 Å². The monoisotopic (exact) mass is 422 g/mol. The van der Waals surface area contributed by atoms with Gasteiger partial charge < -0.3 is 10.2 Å². The molecule has 1 aliphatic heterocycles. The first-order chi connectivity index (χ1) is 15.8. The summed E-state index contributed by atoms with van der Waals surface area (Å²) in [7, 11) is 0. The number of carbonyl (C=O) groups is 1. The summed E-state index contributed by atoms with van der Waals surface area (Å²) < 4.78 is 0. The summed E-state index contributed by atoms with van der Waals surface area (Å²) in [5, 5.41) is 13.6. The van der Waals surface area contributed by atoms with Crippen molar-refractivity contribution in [1.29, 1.82) is 0 Å². The molecule has 0 saturated carbocycles. The number of piperidine rings is 1. The molecule has 1 aromatic heterocycles. The maximum atomic E-state index is 12.7. The lowest BCUT2D eigenvalue weighted by molar-refractivity contribution is 0.102. The molecule has 1 saturated heterocycles. The highest BCUT2D eigenvalue weighted by Crippen LogP contribution is 2.25. The Morgan fingerprint density at radius 2 is 1.59 bits per heavy atom. The van der Waals surface area contributed by atoms with E-state index in [1.165, 1.54) is 5.56 Å². The largest absolute Gasteiger partial charge is 0.355 e. The van der Waals surface area contributed by atoms with Crippen LogP contribution < -0.4 is 10.2 Å². The molecule has 5 rings (SSSR count). The van der Waals surface area contributed by atoms with Crippen LogP contribution in [0.3, 0.4) is 0 Å². The Labute approximate surface area is 188 Å². The molecular formula is C27H26N4O. The molecule has 1 aliphatic rings. The summed E-state index contributed by atoms with van der Waals surface area (Å²) >= 11 is 0. The number of rotatable bonds is 5. The van der Waals surface area contributed by atoms with Gasteiger partial charge in [-0.25, -0.2) is 0 Å². The zero-order chi connectivity index (χ0) is 21.8. The molecule has 2 heterocycles. The van der Waals surface area contributed by atoms with E-state index in [0.29, 0.717) is 11.6 Å². The number of anilines is 2. The Hall–Kier alpha value is -3.73. The second-order valence-electron chi connectivity index (χ2n) is 8.38. The van der Waals surface area contributed by atoms with Crippen molar-refractivity contribution < 1.29 is 4.79 Å². The molecule has 5 nitrogen and oxygen atoms in total. The lowest BCUT2D eigenvalue weighted by Gasteiger charge is -2.32. The topological polar surface area (TPSA) is 58.1 Å². The standard InChI is InChI=1S/C27H26N4O/c32-27(28-24-12-6-10-22-9-4-5-11-23(22)24)25-13-14-26(30-29-25)31-17-15-21(16-18-31)19-20-7-2-1-3-8-20/h1-14,21H,15-19H2,(H,28,32). The maximum Gasteiger partial charge on any atom is 0.276 e. The van der Waals surface area contributed by atoms with Crippen molar-refractivity contribution in [3.63, 3.8) is 0 Å². The van der Waals surface area contributed by atoms with Crippen molar-refractivity contribution in [2.75, 3.05) is 23.3 Å². The molecule has 0 atom stereocenters. The van der Waals surface area contributed by atoms with Crippen LogP contribution >= 0.6 is 0 Å². The molecule has 3 aromatic carbocycles. The average molecular weight is 423 g/mol. The summed E-state index contributed by atoms with van der Waals surface area (Å²) in [6.45, 7) is 1.93. The highest BCUT2D eigenvalue weighted by Gasteiger charge is 2.21. The minimum absolute atomic E-state index is 0.248. The minimum Gasteiger partial charge on any atom is -0.355 e. The molecular weight excluding hydrogens is 396 g/mol. The quantitative estimate of drug-likeness (QED) is 0.472. The van der Waals surface area contributed by atoms with Crippen LogP contribution in [0.4, 0.5) is 11.5 Å². The third-order valence-corrected chi connectivity index (χ3v) is 6.23. The fraction of sp³-hybridized carbons (Fsp3) is 0.222. The number of nitrogens with one attached hydrogen (secondary N) is 1. The number of aromatic nitrogens is 2. The Morgan fingerprint density at radius 1 is 0.844 bits per heavy atom. The van der Waals surface area contributed by atoms with E-state index >= 15 is 0 Å². The normalized spacial score (nSPS) is 14.4. The molecule has 0 unspecified atom stereocenters. The van der Waals surface area contributed by atoms with E-state index in [4.69, 9.17) is 0 Å². The zero-order valence-corrected chi connectivity index (χ0v) is 17.9. The van der Waals surface area contributed by atoms with Crippen LogP contribution in [0.15, 0.2) is 84.9 Å². The molecule has 1 N–H and O–H groups in total. The molecule has 160 valence electrons. The lowest BCUT2D eigenvalue weighted by Crippen LogP contribution is -2.35. The Balaban J connectivity index is 1.20. The number of amides is 1. The van der Waals surface area contributed by atoms with Crippen molar-refractivity contribution in [3.8, 4) is 0 Å². The van der Waals surface area contributed by atoms with Gasteiger partial charge in [0.15, 0.2) is 11.5 Å². The van der Waals surface area contributed by atoms with Gasteiger partial charge in [-0.1, -0.05) is 66.7 Å². The van der Waals surface area contributed by atoms with Crippen LogP contribution in [0, 0.1) is 5.92 Å². The summed E-state index contributed by atoms with van der Waals surface area (Å²) in [6, 6.07) is 28.2. The van der Waals surface area contributed by atoms with Crippen LogP contribution in [-0.2, 0) is 6.42 Å². The van der Waals surface area contributed by atoms with Crippen molar-refractivity contribution in [3.05, 3.63) is 96.2 Å². The van der Waals surface area contributed by atoms with Crippen LogP contribution in [0.2, 0.25) is 0 Å². The van der Waals surface area contributed by atoms with Gasteiger partial charge in [-0.15, -0.1) is 10.2 Å². The third-order valence-electron chi connectivity index (χ3n) is 6.23. The highest BCUT2D eigenvalue weighted by molar-refractivity contribution is 6.08. The molecule has 32 heavy (non-hydrogen) atoms. The number of benzene rings is 3.